The number of H-pyrrole nitrogens is 1. The second kappa shape index (κ2) is 7.47. The second-order valence-corrected chi connectivity index (χ2v) is 9.53. The Morgan fingerprint density at radius 1 is 0.964 bits per heavy atom. The maximum Gasteiger partial charge on any atom is 0.264 e. The summed E-state index contributed by atoms with van der Waals surface area (Å²) in [4.78, 5) is -0.0226. The van der Waals surface area contributed by atoms with E-state index in [1.54, 1.807) is 12.1 Å². The predicted octanol–water partition coefficient (Wildman–Crippen LogP) is 2.18. The molecule has 3 rings (SSSR count). The standard InChI is InChI=1S/C18H19N3O5S2/c1-12-3-5-14(6-4-12)18-17(16(20-21-18)11-26-27(2,22)23)13-7-9-15(10-8-13)28(19,24)25/h3-10H,11H2,1-2H3,(H,20,21)(H2,19,24,25). The quantitative estimate of drug-likeness (QED) is 0.586. The molecule has 8 nitrogen and oxygen atoms in total. The molecule has 0 fully saturated rings. The van der Waals surface area contributed by atoms with Crippen LogP contribution in [0.3, 0.4) is 0 Å². The molecule has 0 unspecified atom stereocenters. The monoisotopic (exact) mass is 421 g/mol. The summed E-state index contributed by atoms with van der Waals surface area (Å²) in [6, 6.07) is 13.6. The van der Waals surface area contributed by atoms with E-state index in [2.05, 4.69) is 10.2 Å². The summed E-state index contributed by atoms with van der Waals surface area (Å²) in [7, 11) is -7.47. The van der Waals surface area contributed by atoms with E-state index in [1.807, 2.05) is 31.2 Å². The van der Waals surface area contributed by atoms with Crippen molar-refractivity contribution in [2.24, 2.45) is 5.14 Å². The van der Waals surface area contributed by atoms with E-state index in [9.17, 15) is 16.8 Å². The summed E-state index contributed by atoms with van der Waals surface area (Å²) in [5, 5.41) is 12.3. The van der Waals surface area contributed by atoms with Crippen LogP contribution in [0.5, 0.6) is 0 Å². The van der Waals surface area contributed by atoms with Crippen LogP contribution < -0.4 is 5.14 Å². The van der Waals surface area contributed by atoms with Gasteiger partial charge in [0.05, 0.1) is 16.8 Å². The molecule has 0 bridgehead atoms. The van der Waals surface area contributed by atoms with Crippen LogP contribution >= 0.6 is 0 Å². The number of nitrogens with one attached hydrogen (secondary N) is 1. The van der Waals surface area contributed by atoms with Crippen molar-refractivity contribution >= 4 is 20.1 Å². The molecule has 148 valence electrons. The summed E-state index contributed by atoms with van der Waals surface area (Å²) in [6.07, 6.45) is 0.963. The Balaban J connectivity index is 2.12. The summed E-state index contributed by atoms with van der Waals surface area (Å²) in [5.74, 6) is 0. The van der Waals surface area contributed by atoms with Crippen LogP contribution in [-0.4, -0.2) is 33.3 Å². The maximum absolute atomic E-state index is 11.5. The molecule has 0 aliphatic carbocycles. The molecule has 10 heteroatoms. The normalized spacial score (nSPS) is 12.2. The average molecular weight is 422 g/mol. The minimum atomic E-state index is -3.82. The molecule has 0 radical (unpaired) electrons. The fourth-order valence-corrected chi connectivity index (χ4v) is 3.54. The number of primary sulfonamides is 1. The van der Waals surface area contributed by atoms with Crippen molar-refractivity contribution in [2.45, 2.75) is 18.4 Å². The van der Waals surface area contributed by atoms with Crippen LogP contribution in [-0.2, 0) is 30.9 Å². The third-order valence-electron chi connectivity index (χ3n) is 4.06. The lowest BCUT2D eigenvalue weighted by molar-refractivity contribution is 0.307. The minimum Gasteiger partial charge on any atom is -0.279 e. The third-order valence-corrected chi connectivity index (χ3v) is 5.53. The van der Waals surface area contributed by atoms with Gasteiger partial charge in [-0.1, -0.05) is 42.0 Å². The van der Waals surface area contributed by atoms with Gasteiger partial charge >= 0.3 is 0 Å². The topological polar surface area (TPSA) is 132 Å². The van der Waals surface area contributed by atoms with Gasteiger partial charge in [0.25, 0.3) is 10.1 Å². The Morgan fingerprint density at radius 3 is 2.07 bits per heavy atom. The highest BCUT2D eigenvalue weighted by Gasteiger charge is 2.19. The first-order valence-electron chi connectivity index (χ1n) is 8.16. The lowest BCUT2D eigenvalue weighted by atomic mass is 9.98. The van der Waals surface area contributed by atoms with Crippen LogP contribution in [0.2, 0.25) is 0 Å². The number of hydrogen-bond acceptors (Lipinski definition) is 6. The molecular weight excluding hydrogens is 402 g/mol. The Labute approximate surface area is 163 Å². The molecule has 0 amide bonds. The van der Waals surface area contributed by atoms with Crippen LogP contribution in [0.4, 0.5) is 0 Å². The summed E-state index contributed by atoms with van der Waals surface area (Å²) in [5.41, 5.74) is 4.20. The van der Waals surface area contributed by atoms with E-state index in [-0.39, 0.29) is 11.5 Å². The Hall–Kier alpha value is -2.53. The highest BCUT2D eigenvalue weighted by atomic mass is 32.2. The highest BCUT2D eigenvalue weighted by molar-refractivity contribution is 7.89. The summed E-state index contributed by atoms with van der Waals surface area (Å²) in [6.45, 7) is 1.73. The van der Waals surface area contributed by atoms with E-state index in [4.69, 9.17) is 9.32 Å². The fourth-order valence-electron chi connectivity index (χ4n) is 2.69. The third kappa shape index (κ3) is 4.65. The molecule has 0 spiro atoms. The SMILES string of the molecule is Cc1ccc(-c2n[nH]c(COS(C)(=O)=O)c2-c2ccc(S(N)(=O)=O)cc2)cc1. The number of hydrogen-bond donors (Lipinski definition) is 2. The van der Waals surface area contributed by atoms with Crippen molar-refractivity contribution in [2.75, 3.05) is 6.26 Å². The van der Waals surface area contributed by atoms with Crippen molar-refractivity contribution in [1.29, 1.82) is 0 Å². The van der Waals surface area contributed by atoms with E-state index in [1.165, 1.54) is 12.1 Å². The molecule has 0 saturated carbocycles. The zero-order valence-electron chi connectivity index (χ0n) is 15.2. The largest absolute Gasteiger partial charge is 0.279 e. The number of aromatic amines is 1. The van der Waals surface area contributed by atoms with Gasteiger partial charge in [-0.2, -0.15) is 13.5 Å². The maximum atomic E-state index is 11.5. The Bertz CT molecular complexity index is 1200. The van der Waals surface area contributed by atoms with Gasteiger partial charge in [-0.15, -0.1) is 0 Å². The minimum absolute atomic E-state index is 0.0226. The fraction of sp³-hybridized carbons (Fsp3) is 0.167. The first-order valence-corrected chi connectivity index (χ1v) is 11.5. The van der Waals surface area contributed by atoms with Crippen molar-refractivity contribution in [1.82, 2.24) is 10.2 Å². The molecule has 0 saturated heterocycles. The van der Waals surface area contributed by atoms with Crippen LogP contribution in [0.15, 0.2) is 53.4 Å². The zero-order valence-corrected chi connectivity index (χ0v) is 16.8. The van der Waals surface area contributed by atoms with Crippen molar-refractivity contribution < 1.29 is 21.0 Å². The smallest absolute Gasteiger partial charge is 0.264 e. The predicted molar refractivity (Wildman–Crippen MR) is 105 cm³/mol. The number of aryl methyl sites for hydroxylation is 1. The summed E-state index contributed by atoms with van der Waals surface area (Å²) >= 11 is 0. The molecular formula is C18H19N3O5S2. The Morgan fingerprint density at radius 2 is 1.54 bits per heavy atom. The molecule has 3 aromatic rings. The van der Waals surface area contributed by atoms with E-state index in [0.29, 0.717) is 22.5 Å². The van der Waals surface area contributed by atoms with Crippen LogP contribution in [0.25, 0.3) is 22.4 Å². The van der Waals surface area contributed by atoms with Crippen LogP contribution in [0, 0.1) is 6.92 Å². The molecule has 1 aromatic heterocycles. The lowest BCUT2D eigenvalue weighted by Crippen LogP contribution is -2.11. The van der Waals surface area contributed by atoms with E-state index < -0.39 is 20.1 Å². The summed E-state index contributed by atoms with van der Waals surface area (Å²) < 4.78 is 50.7. The second-order valence-electron chi connectivity index (χ2n) is 6.33. The van der Waals surface area contributed by atoms with Gasteiger partial charge in [0, 0.05) is 11.1 Å². The van der Waals surface area contributed by atoms with E-state index in [0.717, 1.165) is 17.4 Å². The van der Waals surface area contributed by atoms with Crippen molar-refractivity contribution in [3.63, 3.8) is 0 Å². The molecule has 1 heterocycles. The first-order chi connectivity index (χ1) is 13.0. The lowest BCUT2D eigenvalue weighted by Gasteiger charge is -2.08. The van der Waals surface area contributed by atoms with Gasteiger partial charge in [0.1, 0.15) is 12.3 Å². The number of nitrogens with zero attached hydrogens (tertiary/aromatic N) is 1. The molecule has 2 aromatic carbocycles. The number of sulfonamides is 1. The Kier molecular flexibility index (Phi) is 5.39. The van der Waals surface area contributed by atoms with Gasteiger partial charge < -0.3 is 0 Å². The molecule has 3 N–H and O–H groups in total. The molecule has 0 aliphatic rings. The molecule has 0 aliphatic heterocycles. The van der Waals surface area contributed by atoms with Crippen molar-refractivity contribution in [3.05, 3.63) is 59.8 Å². The van der Waals surface area contributed by atoms with Gasteiger partial charge in [0.15, 0.2) is 0 Å². The van der Waals surface area contributed by atoms with Gasteiger partial charge in [-0.25, -0.2) is 13.6 Å². The average Bonchev–Trinajstić information content (AvgIpc) is 3.03. The number of aromatic nitrogens is 2. The first kappa shape index (κ1) is 20.2. The van der Waals surface area contributed by atoms with E-state index >= 15 is 0 Å². The highest BCUT2D eigenvalue weighted by Crippen LogP contribution is 2.34. The number of rotatable bonds is 6. The van der Waals surface area contributed by atoms with Crippen molar-refractivity contribution in [3.8, 4) is 22.4 Å². The van der Waals surface area contributed by atoms with Crippen LogP contribution in [0.1, 0.15) is 11.3 Å². The molecule has 28 heavy (non-hydrogen) atoms. The van der Waals surface area contributed by atoms with Gasteiger partial charge in [-0.05, 0) is 24.6 Å². The van der Waals surface area contributed by atoms with Gasteiger partial charge in [-0.3, -0.25) is 9.28 Å². The zero-order chi connectivity index (χ0) is 20.5. The molecule has 0 atom stereocenters. The number of nitrogens with two attached hydrogens (primary N) is 1. The van der Waals surface area contributed by atoms with Gasteiger partial charge in [0.2, 0.25) is 10.0 Å². The number of benzene rings is 2.